The lowest BCUT2D eigenvalue weighted by molar-refractivity contribution is -0.119. The summed E-state index contributed by atoms with van der Waals surface area (Å²) < 4.78 is 31.7. The Morgan fingerprint density at radius 3 is 2.21 bits per heavy atom. The van der Waals surface area contributed by atoms with Crippen LogP contribution in [0.4, 0.5) is 5.69 Å². The number of carbonyl (C=O) groups is 2. The monoisotopic (exact) mass is 402 g/mol. The summed E-state index contributed by atoms with van der Waals surface area (Å²) in [6.07, 6.45) is 2.79. The van der Waals surface area contributed by atoms with Gasteiger partial charge in [0, 0.05) is 18.8 Å². The highest BCUT2D eigenvalue weighted by atomic mass is 32.2. The average Bonchev–Trinajstić information content (AvgIpc) is 2.73. The van der Waals surface area contributed by atoms with E-state index in [2.05, 4.69) is 5.32 Å². The molecule has 8 heteroatoms. The largest absolute Gasteiger partial charge is 0.452 e. The van der Waals surface area contributed by atoms with E-state index in [1.54, 1.807) is 30.3 Å². The van der Waals surface area contributed by atoms with Crippen LogP contribution in [0.1, 0.15) is 29.6 Å². The van der Waals surface area contributed by atoms with E-state index in [4.69, 9.17) is 4.74 Å². The molecule has 0 atom stereocenters. The molecule has 3 rings (SSSR count). The molecule has 148 valence electrons. The number of nitrogens with zero attached hydrogens (tertiary/aromatic N) is 1. The SMILES string of the molecule is O=C(COC(=O)c1ccccc1)Nc1ccc(S(=O)(=O)N2CCCCC2)cc1. The molecule has 0 bridgehead atoms. The third-order valence-corrected chi connectivity index (χ3v) is 6.35. The van der Waals surface area contributed by atoms with Crippen molar-refractivity contribution in [2.75, 3.05) is 25.0 Å². The highest BCUT2D eigenvalue weighted by Gasteiger charge is 2.25. The molecule has 1 aliphatic rings. The van der Waals surface area contributed by atoms with Gasteiger partial charge in [-0.25, -0.2) is 13.2 Å². The van der Waals surface area contributed by atoms with Crippen LogP contribution in [0.3, 0.4) is 0 Å². The molecule has 0 saturated carbocycles. The van der Waals surface area contributed by atoms with E-state index in [9.17, 15) is 18.0 Å². The highest BCUT2D eigenvalue weighted by molar-refractivity contribution is 7.89. The fourth-order valence-corrected chi connectivity index (χ4v) is 4.47. The van der Waals surface area contributed by atoms with Gasteiger partial charge in [-0.05, 0) is 49.2 Å². The Balaban J connectivity index is 1.55. The highest BCUT2D eigenvalue weighted by Crippen LogP contribution is 2.22. The lowest BCUT2D eigenvalue weighted by atomic mass is 10.2. The second kappa shape index (κ2) is 8.99. The van der Waals surface area contributed by atoms with Crippen LogP contribution in [-0.4, -0.2) is 44.3 Å². The van der Waals surface area contributed by atoms with Crippen LogP contribution >= 0.6 is 0 Å². The molecule has 7 nitrogen and oxygen atoms in total. The normalized spacial score (nSPS) is 15.0. The quantitative estimate of drug-likeness (QED) is 0.750. The van der Waals surface area contributed by atoms with Crippen molar-refractivity contribution in [2.45, 2.75) is 24.2 Å². The van der Waals surface area contributed by atoms with E-state index in [1.165, 1.54) is 28.6 Å². The van der Waals surface area contributed by atoms with Gasteiger partial charge >= 0.3 is 5.97 Å². The lowest BCUT2D eigenvalue weighted by Gasteiger charge is -2.25. The van der Waals surface area contributed by atoms with Gasteiger partial charge in [0.25, 0.3) is 5.91 Å². The number of hydrogen-bond donors (Lipinski definition) is 1. The smallest absolute Gasteiger partial charge is 0.338 e. The molecular weight excluding hydrogens is 380 g/mol. The topological polar surface area (TPSA) is 92.8 Å². The maximum atomic E-state index is 12.6. The summed E-state index contributed by atoms with van der Waals surface area (Å²) >= 11 is 0. The van der Waals surface area contributed by atoms with Crippen LogP contribution in [0.5, 0.6) is 0 Å². The third kappa shape index (κ3) is 4.96. The number of amides is 1. The molecule has 2 aromatic carbocycles. The standard InChI is InChI=1S/C20H22N2O5S/c23-19(15-27-20(24)16-7-3-1-4-8-16)21-17-9-11-18(12-10-17)28(25,26)22-13-5-2-6-14-22/h1,3-4,7-12H,2,5-6,13-15H2,(H,21,23). The number of sulfonamides is 1. The summed E-state index contributed by atoms with van der Waals surface area (Å²) in [5.74, 6) is -1.09. The minimum atomic E-state index is -3.51. The van der Waals surface area contributed by atoms with E-state index >= 15 is 0 Å². The van der Waals surface area contributed by atoms with Crippen molar-refractivity contribution in [1.82, 2.24) is 4.31 Å². The molecule has 1 amide bonds. The van der Waals surface area contributed by atoms with E-state index in [0.29, 0.717) is 24.3 Å². The number of nitrogens with one attached hydrogen (secondary N) is 1. The average molecular weight is 402 g/mol. The van der Waals surface area contributed by atoms with E-state index in [-0.39, 0.29) is 4.90 Å². The van der Waals surface area contributed by atoms with Crippen molar-refractivity contribution >= 4 is 27.6 Å². The van der Waals surface area contributed by atoms with Crippen molar-refractivity contribution in [1.29, 1.82) is 0 Å². The van der Waals surface area contributed by atoms with Gasteiger partial charge in [-0.1, -0.05) is 24.6 Å². The zero-order valence-corrected chi connectivity index (χ0v) is 16.2. The first-order valence-electron chi connectivity index (χ1n) is 9.09. The molecule has 0 radical (unpaired) electrons. The summed E-state index contributed by atoms with van der Waals surface area (Å²) in [6, 6.07) is 14.4. The van der Waals surface area contributed by atoms with Crippen molar-refractivity contribution in [3.05, 3.63) is 60.2 Å². The van der Waals surface area contributed by atoms with Crippen LogP contribution < -0.4 is 5.32 Å². The Morgan fingerprint density at radius 2 is 1.57 bits per heavy atom. The minimum absolute atomic E-state index is 0.197. The van der Waals surface area contributed by atoms with E-state index in [1.807, 2.05) is 0 Å². The van der Waals surface area contributed by atoms with Gasteiger partial charge in [-0.2, -0.15) is 4.31 Å². The summed E-state index contributed by atoms with van der Waals surface area (Å²) in [4.78, 5) is 24.0. The molecule has 0 unspecified atom stereocenters. The molecule has 1 heterocycles. The van der Waals surface area contributed by atoms with Crippen molar-refractivity contribution < 1.29 is 22.7 Å². The first-order chi connectivity index (χ1) is 13.5. The van der Waals surface area contributed by atoms with Gasteiger partial charge < -0.3 is 10.1 Å². The maximum Gasteiger partial charge on any atom is 0.338 e. The Labute approximate surface area is 164 Å². The predicted octanol–water partition coefficient (Wildman–Crippen LogP) is 2.66. The number of rotatable bonds is 6. The summed E-state index contributed by atoms with van der Waals surface area (Å²) in [6.45, 7) is 0.642. The van der Waals surface area contributed by atoms with Crippen LogP contribution in [0.15, 0.2) is 59.5 Å². The van der Waals surface area contributed by atoms with Gasteiger partial charge in [0.2, 0.25) is 10.0 Å². The van der Waals surface area contributed by atoms with Gasteiger partial charge in [-0.15, -0.1) is 0 Å². The van der Waals surface area contributed by atoms with Crippen molar-refractivity contribution in [3.8, 4) is 0 Å². The minimum Gasteiger partial charge on any atom is -0.452 e. The van der Waals surface area contributed by atoms with Gasteiger partial charge in [-0.3, -0.25) is 4.79 Å². The summed E-state index contributed by atoms with van der Waals surface area (Å²) in [5, 5.41) is 2.58. The van der Waals surface area contributed by atoms with Gasteiger partial charge in [0.1, 0.15) is 0 Å². The predicted molar refractivity (Wildman–Crippen MR) is 104 cm³/mol. The molecule has 1 N–H and O–H groups in total. The van der Waals surface area contributed by atoms with E-state index < -0.39 is 28.5 Å². The Bertz CT molecular complexity index is 921. The van der Waals surface area contributed by atoms with Crippen LogP contribution in [-0.2, 0) is 19.6 Å². The van der Waals surface area contributed by atoms with Crippen LogP contribution in [0.25, 0.3) is 0 Å². The molecule has 1 fully saturated rings. The zero-order valence-electron chi connectivity index (χ0n) is 15.3. The number of piperidine rings is 1. The first kappa shape index (κ1) is 20.0. The van der Waals surface area contributed by atoms with Gasteiger partial charge in [0.15, 0.2) is 6.61 Å². The number of anilines is 1. The fraction of sp³-hybridized carbons (Fsp3) is 0.300. The molecule has 2 aromatic rings. The molecule has 28 heavy (non-hydrogen) atoms. The Morgan fingerprint density at radius 1 is 0.929 bits per heavy atom. The second-order valence-electron chi connectivity index (χ2n) is 6.48. The first-order valence-corrected chi connectivity index (χ1v) is 10.5. The maximum absolute atomic E-state index is 12.6. The summed E-state index contributed by atoms with van der Waals surface area (Å²) in [5.41, 5.74) is 0.793. The number of carbonyl (C=O) groups excluding carboxylic acids is 2. The fourth-order valence-electron chi connectivity index (χ4n) is 2.95. The number of benzene rings is 2. The Kier molecular flexibility index (Phi) is 6.43. The van der Waals surface area contributed by atoms with Crippen LogP contribution in [0, 0.1) is 0 Å². The van der Waals surface area contributed by atoms with Crippen LogP contribution in [0.2, 0.25) is 0 Å². The molecule has 1 aliphatic heterocycles. The van der Waals surface area contributed by atoms with Gasteiger partial charge in [0.05, 0.1) is 10.5 Å². The number of esters is 1. The molecule has 0 spiro atoms. The lowest BCUT2D eigenvalue weighted by Crippen LogP contribution is -2.35. The van der Waals surface area contributed by atoms with Crippen molar-refractivity contribution in [3.63, 3.8) is 0 Å². The number of hydrogen-bond acceptors (Lipinski definition) is 5. The zero-order chi connectivity index (χ0) is 20.0. The third-order valence-electron chi connectivity index (χ3n) is 4.43. The van der Waals surface area contributed by atoms with E-state index in [0.717, 1.165) is 19.3 Å². The Hall–Kier alpha value is -2.71. The molecule has 1 saturated heterocycles. The van der Waals surface area contributed by atoms with Crippen molar-refractivity contribution in [2.24, 2.45) is 0 Å². The molecule has 0 aromatic heterocycles. The number of ether oxygens (including phenoxy) is 1. The molecule has 0 aliphatic carbocycles. The second-order valence-corrected chi connectivity index (χ2v) is 8.42. The summed E-state index contributed by atoms with van der Waals surface area (Å²) in [7, 11) is -3.51. The molecular formula is C20H22N2O5S.